The third-order valence-electron chi connectivity index (χ3n) is 5.82. The Morgan fingerprint density at radius 1 is 1.00 bits per heavy atom. The highest BCUT2D eigenvalue weighted by atomic mass is 16.3. The van der Waals surface area contributed by atoms with Crippen molar-refractivity contribution in [2.24, 2.45) is 0 Å². The molecule has 4 rings (SSSR count). The smallest absolute Gasteiger partial charge is 0.291 e. The molecule has 156 valence electrons. The highest BCUT2D eigenvalue weighted by Crippen LogP contribution is 2.38. The minimum atomic E-state index is -0.429. The lowest BCUT2D eigenvalue weighted by molar-refractivity contribution is -0.857. The minimum absolute atomic E-state index is 0.0329. The van der Waals surface area contributed by atoms with Crippen molar-refractivity contribution < 1.29 is 14.1 Å². The topological polar surface area (TPSA) is 55.0 Å². The third kappa shape index (κ3) is 3.43. The van der Waals surface area contributed by atoms with Crippen LogP contribution in [0.1, 0.15) is 54.1 Å². The lowest BCUT2D eigenvalue weighted by atomic mass is 9.86. The highest BCUT2D eigenvalue weighted by Gasteiger charge is 2.42. The van der Waals surface area contributed by atoms with Crippen LogP contribution < -0.4 is 10.3 Å². The lowest BCUT2D eigenvalue weighted by Gasteiger charge is -2.26. The molecule has 2 heterocycles. The van der Waals surface area contributed by atoms with Crippen LogP contribution >= 0.6 is 0 Å². The van der Waals surface area contributed by atoms with E-state index in [4.69, 9.17) is 4.42 Å². The van der Waals surface area contributed by atoms with E-state index in [1.807, 2.05) is 24.3 Å². The number of carbonyl (C=O) groups excluding carboxylic acids is 1. The van der Waals surface area contributed by atoms with Crippen LogP contribution in [-0.4, -0.2) is 38.0 Å². The van der Waals surface area contributed by atoms with Gasteiger partial charge in [0.15, 0.2) is 5.43 Å². The maximum Gasteiger partial charge on any atom is 0.291 e. The molecule has 0 unspecified atom stereocenters. The molecule has 1 atom stereocenters. The average Bonchev–Trinajstić information content (AvgIpc) is 2.98. The van der Waals surface area contributed by atoms with Crippen LogP contribution in [0.2, 0.25) is 0 Å². The van der Waals surface area contributed by atoms with Crippen LogP contribution in [0.5, 0.6) is 0 Å². The van der Waals surface area contributed by atoms with Crippen molar-refractivity contribution in [3.63, 3.8) is 0 Å². The molecule has 0 saturated heterocycles. The maximum atomic E-state index is 13.4. The van der Waals surface area contributed by atoms with E-state index < -0.39 is 6.04 Å². The molecule has 30 heavy (non-hydrogen) atoms. The van der Waals surface area contributed by atoms with Gasteiger partial charge in [-0.1, -0.05) is 57.2 Å². The predicted octanol–water partition coefficient (Wildman–Crippen LogP) is 2.78. The monoisotopic (exact) mass is 405 g/mol. The van der Waals surface area contributed by atoms with Crippen LogP contribution in [0.3, 0.4) is 0 Å². The van der Waals surface area contributed by atoms with Gasteiger partial charge in [0.1, 0.15) is 5.58 Å². The number of hydrogen-bond donors (Lipinski definition) is 1. The minimum Gasteiger partial charge on any atom is -0.450 e. The second-order valence-corrected chi connectivity index (χ2v) is 9.40. The Labute approximate surface area is 176 Å². The van der Waals surface area contributed by atoms with Gasteiger partial charge in [0.2, 0.25) is 5.76 Å². The quantitative estimate of drug-likeness (QED) is 0.726. The van der Waals surface area contributed by atoms with Crippen molar-refractivity contribution in [3.05, 3.63) is 81.2 Å². The van der Waals surface area contributed by atoms with Gasteiger partial charge in [-0.15, -0.1) is 0 Å². The van der Waals surface area contributed by atoms with E-state index in [2.05, 4.69) is 47.0 Å². The molecule has 5 heteroatoms. The average molecular weight is 406 g/mol. The summed E-state index contributed by atoms with van der Waals surface area (Å²) in [5, 5.41) is 0.514. The number of nitrogens with one attached hydrogen (secondary N) is 1. The molecule has 1 amide bonds. The molecule has 0 bridgehead atoms. The fourth-order valence-corrected chi connectivity index (χ4v) is 4.05. The van der Waals surface area contributed by atoms with E-state index in [0.717, 1.165) is 12.1 Å². The number of para-hydroxylation sites is 1. The third-order valence-corrected chi connectivity index (χ3v) is 5.82. The largest absolute Gasteiger partial charge is 0.450 e. The summed E-state index contributed by atoms with van der Waals surface area (Å²) < 4.78 is 5.97. The van der Waals surface area contributed by atoms with Crippen LogP contribution in [0, 0.1) is 0 Å². The number of amides is 1. The summed E-state index contributed by atoms with van der Waals surface area (Å²) in [6.07, 6.45) is 0. The van der Waals surface area contributed by atoms with Gasteiger partial charge in [-0.25, -0.2) is 0 Å². The van der Waals surface area contributed by atoms with Crippen molar-refractivity contribution in [3.8, 4) is 0 Å². The molecule has 3 aromatic rings. The van der Waals surface area contributed by atoms with Crippen LogP contribution in [0.25, 0.3) is 11.0 Å². The normalized spacial score (nSPS) is 16.5. The number of nitrogens with zero attached hydrogens (tertiary/aromatic N) is 1. The standard InChI is InChI=1S/C25H28N2O3/c1-25(2,3)17-12-10-16(11-13-17)21-20-22(28)18-8-6-7-9-19(18)30-23(20)24(29)27(21)15-14-26(4)5/h6-13,21H,14-15H2,1-5H3/p+1/t21-/m0/s1. The molecule has 1 aliphatic rings. The van der Waals surface area contributed by atoms with Gasteiger partial charge in [-0.3, -0.25) is 9.59 Å². The summed E-state index contributed by atoms with van der Waals surface area (Å²) in [4.78, 5) is 29.7. The first-order chi connectivity index (χ1) is 14.2. The van der Waals surface area contributed by atoms with E-state index in [0.29, 0.717) is 23.1 Å². The number of benzene rings is 2. The zero-order valence-electron chi connectivity index (χ0n) is 18.3. The van der Waals surface area contributed by atoms with Crippen LogP contribution in [-0.2, 0) is 5.41 Å². The Balaban J connectivity index is 1.89. The van der Waals surface area contributed by atoms with Gasteiger partial charge in [-0.05, 0) is 28.7 Å². The van der Waals surface area contributed by atoms with E-state index in [1.165, 1.54) is 10.5 Å². The Hall–Kier alpha value is -2.92. The summed E-state index contributed by atoms with van der Waals surface area (Å²) in [7, 11) is 4.11. The van der Waals surface area contributed by atoms with Gasteiger partial charge < -0.3 is 14.2 Å². The van der Waals surface area contributed by atoms with Gasteiger partial charge in [0.05, 0.1) is 44.2 Å². The first-order valence-corrected chi connectivity index (χ1v) is 10.4. The number of likely N-dealkylation sites (N-methyl/N-ethyl adjacent to an activating group) is 1. The number of hydrogen-bond acceptors (Lipinski definition) is 3. The van der Waals surface area contributed by atoms with Crippen LogP contribution in [0.15, 0.2) is 57.7 Å². The van der Waals surface area contributed by atoms with Gasteiger partial charge >= 0.3 is 0 Å². The summed E-state index contributed by atoms with van der Waals surface area (Å²) >= 11 is 0. The fraction of sp³-hybridized carbons (Fsp3) is 0.360. The number of fused-ring (bicyclic) bond motifs is 2. The molecule has 0 fully saturated rings. The van der Waals surface area contributed by atoms with E-state index in [9.17, 15) is 9.59 Å². The molecular formula is C25H29N2O3+. The van der Waals surface area contributed by atoms with Crippen molar-refractivity contribution >= 4 is 16.9 Å². The Kier molecular flexibility index (Phi) is 5.02. The first kappa shape index (κ1) is 20.4. The number of carbonyl (C=O) groups is 1. The summed E-state index contributed by atoms with van der Waals surface area (Å²) in [6, 6.07) is 15.0. The first-order valence-electron chi connectivity index (χ1n) is 10.4. The van der Waals surface area contributed by atoms with Crippen molar-refractivity contribution in [1.29, 1.82) is 0 Å². The zero-order chi connectivity index (χ0) is 21.6. The van der Waals surface area contributed by atoms with Crippen LogP contribution in [0.4, 0.5) is 0 Å². The molecule has 1 N–H and O–H groups in total. The molecule has 0 spiro atoms. The molecule has 2 aromatic carbocycles. The molecule has 1 aromatic heterocycles. The van der Waals surface area contributed by atoms with Crippen molar-refractivity contribution in [1.82, 2.24) is 4.90 Å². The summed E-state index contributed by atoms with van der Waals surface area (Å²) in [6.45, 7) is 7.84. The van der Waals surface area contributed by atoms with Crippen molar-refractivity contribution in [2.45, 2.75) is 32.2 Å². The molecule has 0 radical (unpaired) electrons. The van der Waals surface area contributed by atoms with Crippen molar-refractivity contribution in [2.75, 3.05) is 27.2 Å². The SMILES string of the molecule is C[NH+](C)CCN1C(=O)c2oc3ccccc3c(=O)c2[C@@H]1c1ccc(C(C)(C)C)cc1. The summed E-state index contributed by atoms with van der Waals surface area (Å²) in [5.74, 6) is -0.0312. The highest BCUT2D eigenvalue weighted by molar-refractivity contribution is 5.99. The van der Waals surface area contributed by atoms with E-state index in [-0.39, 0.29) is 22.5 Å². The second-order valence-electron chi connectivity index (χ2n) is 9.40. The van der Waals surface area contributed by atoms with E-state index in [1.54, 1.807) is 17.0 Å². The molecule has 0 saturated carbocycles. The number of rotatable bonds is 4. The molecule has 1 aliphatic heterocycles. The number of quaternary nitrogens is 1. The zero-order valence-corrected chi connectivity index (χ0v) is 18.3. The Morgan fingerprint density at radius 3 is 2.30 bits per heavy atom. The van der Waals surface area contributed by atoms with E-state index >= 15 is 0 Å². The molecular weight excluding hydrogens is 376 g/mol. The van der Waals surface area contributed by atoms with Gasteiger partial charge in [0.25, 0.3) is 5.91 Å². The molecule has 5 nitrogen and oxygen atoms in total. The van der Waals surface area contributed by atoms with Gasteiger partial charge in [-0.2, -0.15) is 0 Å². The van der Waals surface area contributed by atoms with Gasteiger partial charge in [0, 0.05) is 0 Å². The lowest BCUT2D eigenvalue weighted by Crippen LogP contribution is -3.06. The maximum absolute atomic E-state index is 13.4. The second kappa shape index (κ2) is 7.40. The fourth-order valence-electron chi connectivity index (χ4n) is 4.05. The Morgan fingerprint density at radius 2 is 1.67 bits per heavy atom. The predicted molar refractivity (Wildman–Crippen MR) is 118 cm³/mol. The Bertz CT molecular complexity index is 1150. The summed E-state index contributed by atoms with van der Waals surface area (Å²) in [5.41, 5.74) is 2.97. The molecule has 0 aliphatic carbocycles.